The molecule has 0 atom stereocenters. The number of rotatable bonds is 13. The first kappa shape index (κ1) is 26.1. The van der Waals surface area contributed by atoms with Crippen molar-refractivity contribution in [3.63, 3.8) is 0 Å². The van der Waals surface area contributed by atoms with Crippen LogP contribution in [0.1, 0.15) is 85.6 Å². The first-order chi connectivity index (χ1) is 13.1. The fraction of sp³-hybridized carbons (Fsp3) is 0.826. The van der Waals surface area contributed by atoms with Crippen LogP contribution in [0, 0.1) is 0 Å². The Hall–Kier alpha value is 0.0556. The molecular formula is C23H46N2OSiSn. The van der Waals surface area contributed by atoms with Crippen LogP contribution in [0.25, 0.3) is 0 Å². The van der Waals surface area contributed by atoms with Crippen molar-refractivity contribution in [2.24, 2.45) is 0 Å². The molecule has 0 aliphatic carbocycles. The number of hydrogen-bond donors (Lipinski definition) is 0. The second-order valence-electron chi connectivity index (χ2n) is 10.1. The Morgan fingerprint density at radius 3 is 1.86 bits per heavy atom. The fourth-order valence-corrected chi connectivity index (χ4v) is 19.8. The van der Waals surface area contributed by atoms with Crippen LogP contribution in [-0.2, 0) is 11.0 Å². The molecule has 0 spiro atoms. The minimum atomic E-state index is -2.51. The zero-order valence-electron chi connectivity index (χ0n) is 20.0. The monoisotopic (exact) mass is 514 g/mol. The van der Waals surface area contributed by atoms with Crippen molar-refractivity contribution in [3.8, 4) is 0 Å². The Balaban J connectivity index is 3.11. The van der Waals surface area contributed by atoms with Crippen molar-refractivity contribution in [2.75, 3.05) is 0 Å². The Kier molecular flexibility index (Phi) is 11.2. The molecule has 5 heteroatoms. The van der Waals surface area contributed by atoms with Gasteiger partial charge >= 0.3 is 181 Å². The normalized spacial score (nSPS) is 13.1. The zero-order valence-corrected chi connectivity index (χ0v) is 23.9. The van der Waals surface area contributed by atoms with Gasteiger partial charge in [-0.25, -0.2) is 0 Å². The molecule has 0 saturated heterocycles. The van der Waals surface area contributed by atoms with Crippen LogP contribution < -0.4 is 3.71 Å². The van der Waals surface area contributed by atoms with E-state index >= 15 is 0 Å². The van der Waals surface area contributed by atoms with Crippen LogP contribution in [-0.4, -0.2) is 36.9 Å². The zero-order chi connectivity index (χ0) is 21.3. The van der Waals surface area contributed by atoms with E-state index in [-0.39, 0.29) is 5.04 Å². The summed E-state index contributed by atoms with van der Waals surface area (Å²) in [6, 6.07) is 2.40. The fourth-order valence-electron chi connectivity index (χ4n) is 3.53. The molecule has 0 unspecified atom stereocenters. The third-order valence-electron chi connectivity index (χ3n) is 6.69. The van der Waals surface area contributed by atoms with Crippen molar-refractivity contribution >= 4 is 30.4 Å². The van der Waals surface area contributed by atoms with Gasteiger partial charge in [0, 0.05) is 0 Å². The molecule has 3 nitrogen and oxygen atoms in total. The molecule has 162 valence electrons. The maximum atomic E-state index is 6.49. The van der Waals surface area contributed by atoms with Crippen LogP contribution in [0.3, 0.4) is 0 Å². The van der Waals surface area contributed by atoms with E-state index in [1.807, 2.05) is 6.20 Å². The van der Waals surface area contributed by atoms with E-state index in [2.05, 4.69) is 65.8 Å². The Morgan fingerprint density at radius 2 is 1.43 bits per heavy atom. The summed E-state index contributed by atoms with van der Waals surface area (Å²) in [5.41, 5.74) is 1.24. The summed E-state index contributed by atoms with van der Waals surface area (Å²) >= 11 is -2.51. The minimum absolute atomic E-state index is 0.239. The molecule has 1 aromatic rings. The molecule has 0 saturated carbocycles. The van der Waals surface area contributed by atoms with E-state index in [9.17, 15) is 0 Å². The van der Waals surface area contributed by atoms with E-state index in [0.717, 1.165) is 0 Å². The number of nitrogens with zero attached hydrogens (tertiary/aromatic N) is 2. The van der Waals surface area contributed by atoms with Crippen molar-refractivity contribution in [2.45, 2.75) is 118 Å². The van der Waals surface area contributed by atoms with Gasteiger partial charge in [-0.2, -0.15) is 0 Å². The first-order valence-corrected chi connectivity index (χ1v) is 22.0. The molecule has 1 heterocycles. The third-order valence-corrected chi connectivity index (χ3v) is 26.2. The predicted molar refractivity (Wildman–Crippen MR) is 129 cm³/mol. The summed E-state index contributed by atoms with van der Waals surface area (Å²) in [6.45, 7) is 19.2. The molecule has 0 fully saturated rings. The van der Waals surface area contributed by atoms with Gasteiger partial charge in [0.2, 0.25) is 0 Å². The van der Waals surface area contributed by atoms with Gasteiger partial charge in [0.1, 0.15) is 0 Å². The average molecular weight is 513 g/mol. The van der Waals surface area contributed by atoms with E-state index in [4.69, 9.17) is 9.52 Å². The summed E-state index contributed by atoms with van der Waals surface area (Å²) in [7, 11) is -1.74. The molecule has 0 N–H and O–H groups in total. The van der Waals surface area contributed by atoms with Gasteiger partial charge in [-0.3, -0.25) is 0 Å². The van der Waals surface area contributed by atoms with Gasteiger partial charge in [-0.05, 0) is 0 Å². The van der Waals surface area contributed by atoms with E-state index in [1.54, 1.807) is 0 Å². The Labute approximate surface area is 180 Å². The molecule has 0 radical (unpaired) electrons. The molecule has 0 bridgehead atoms. The van der Waals surface area contributed by atoms with E-state index in [1.165, 1.54) is 61.1 Å². The quantitative estimate of drug-likeness (QED) is 0.265. The summed E-state index contributed by atoms with van der Waals surface area (Å²) in [5.74, 6) is 0. The van der Waals surface area contributed by atoms with Gasteiger partial charge in [0.25, 0.3) is 0 Å². The van der Waals surface area contributed by atoms with Crippen LogP contribution in [0.4, 0.5) is 0 Å². The standard InChI is InChI=1S/C11H19N2OSi.3C4H9.Sn/c1-11(2,3)15(4,5)14-9-10-6-7-12-13-8-10;3*1-3-4-2;/h6,8H,9H2,1-5H3;3*1,3-4H2,2H3;. The van der Waals surface area contributed by atoms with Gasteiger partial charge in [0.05, 0.1) is 0 Å². The van der Waals surface area contributed by atoms with Crippen LogP contribution >= 0.6 is 0 Å². The van der Waals surface area contributed by atoms with Crippen LogP contribution in [0.15, 0.2) is 12.3 Å². The van der Waals surface area contributed by atoms with Crippen molar-refractivity contribution in [1.29, 1.82) is 0 Å². The Morgan fingerprint density at radius 1 is 0.929 bits per heavy atom. The maximum absolute atomic E-state index is 6.49. The van der Waals surface area contributed by atoms with Gasteiger partial charge < -0.3 is 0 Å². The van der Waals surface area contributed by atoms with Crippen LogP contribution in [0.5, 0.6) is 0 Å². The third kappa shape index (κ3) is 7.71. The molecule has 0 aliphatic rings. The SMILES string of the molecule is CCC[CH2][Sn]([CH2]CCC)([CH2]CCC)[c]1cc(CO[Si](C)(C)C(C)(C)C)cnn1. The summed E-state index contributed by atoms with van der Waals surface area (Å²) in [4.78, 5) is 0. The summed E-state index contributed by atoms with van der Waals surface area (Å²) < 4.78 is 12.2. The van der Waals surface area contributed by atoms with Gasteiger partial charge in [-0.15, -0.1) is 0 Å². The summed E-state index contributed by atoms with van der Waals surface area (Å²) in [5, 5.41) is 9.48. The number of hydrogen-bond acceptors (Lipinski definition) is 3. The molecule has 0 aromatic carbocycles. The van der Waals surface area contributed by atoms with Crippen molar-refractivity contribution in [1.82, 2.24) is 10.2 Å². The predicted octanol–water partition coefficient (Wildman–Crippen LogP) is 7.05. The summed E-state index contributed by atoms with van der Waals surface area (Å²) in [6.07, 6.45) is 9.88. The molecule has 28 heavy (non-hydrogen) atoms. The number of unbranched alkanes of at least 4 members (excludes halogenated alkanes) is 3. The van der Waals surface area contributed by atoms with Crippen molar-refractivity contribution in [3.05, 3.63) is 17.8 Å². The molecule has 0 amide bonds. The molecule has 0 aliphatic heterocycles. The average Bonchev–Trinajstić information content (AvgIpc) is 2.65. The second kappa shape index (κ2) is 12.0. The van der Waals surface area contributed by atoms with E-state index < -0.39 is 26.7 Å². The second-order valence-corrected chi connectivity index (χ2v) is 27.9. The van der Waals surface area contributed by atoms with E-state index in [0.29, 0.717) is 6.61 Å². The molecule has 1 rings (SSSR count). The van der Waals surface area contributed by atoms with Crippen molar-refractivity contribution < 1.29 is 4.43 Å². The van der Waals surface area contributed by atoms with Gasteiger partial charge in [-0.1, -0.05) is 0 Å². The topological polar surface area (TPSA) is 35.0 Å². The molecule has 1 aromatic heterocycles. The number of aromatic nitrogens is 2. The van der Waals surface area contributed by atoms with Gasteiger partial charge in [0.15, 0.2) is 0 Å². The molecular weight excluding hydrogens is 467 g/mol. The van der Waals surface area contributed by atoms with Crippen LogP contribution in [0.2, 0.25) is 31.4 Å². The Bertz CT molecular complexity index is 550. The first-order valence-electron chi connectivity index (χ1n) is 11.6.